The lowest BCUT2D eigenvalue weighted by Gasteiger charge is -2.49. The highest BCUT2D eigenvalue weighted by molar-refractivity contribution is 5.59. The highest BCUT2D eigenvalue weighted by atomic mass is 16.5. The first kappa shape index (κ1) is 21.2. The molecule has 3 aromatic rings. The molecule has 8 nitrogen and oxygen atoms in total. The molecule has 4 rings (SSSR count). The van der Waals surface area contributed by atoms with Gasteiger partial charge >= 0.3 is 0 Å². The van der Waals surface area contributed by atoms with Crippen molar-refractivity contribution in [1.82, 2.24) is 30.3 Å². The van der Waals surface area contributed by atoms with Gasteiger partial charge in [-0.2, -0.15) is 5.10 Å². The first-order valence-electron chi connectivity index (χ1n) is 10.6. The van der Waals surface area contributed by atoms with E-state index in [2.05, 4.69) is 65.2 Å². The maximum Gasteiger partial charge on any atom is 0.240 e. The Labute approximate surface area is 183 Å². The maximum atomic E-state index is 5.48. The molecule has 3 aromatic heterocycles. The summed E-state index contributed by atoms with van der Waals surface area (Å²) in [5, 5.41) is 17.0. The van der Waals surface area contributed by atoms with E-state index in [-0.39, 0.29) is 11.1 Å². The molecule has 0 spiro atoms. The number of nitrogens with one attached hydrogen (secondary N) is 1. The minimum Gasteiger partial charge on any atom is -0.479 e. The van der Waals surface area contributed by atoms with Crippen LogP contribution in [-0.4, -0.2) is 56.2 Å². The van der Waals surface area contributed by atoms with Crippen molar-refractivity contribution in [3.05, 3.63) is 42.7 Å². The summed E-state index contributed by atoms with van der Waals surface area (Å²) in [4.78, 5) is 6.86. The number of hydrogen-bond acceptors (Lipinski definition) is 7. The zero-order chi connectivity index (χ0) is 22.2. The standard InChI is InChI=1S/C23H31N7O/c1-22(2)14-16(15-23(3,4)28-22)29(5)20-11-9-18(26-27-20)17-8-10-19(21(25-17)31-6)30-13-7-12-24-30/h7-13,16,28H,14-15H2,1-6H3. The Kier molecular flexibility index (Phi) is 5.43. The predicted octanol–water partition coefficient (Wildman–Crippen LogP) is 3.48. The van der Waals surface area contributed by atoms with E-state index in [9.17, 15) is 0 Å². The van der Waals surface area contributed by atoms with Crippen LogP contribution in [0.1, 0.15) is 40.5 Å². The second-order valence-electron chi connectivity index (χ2n) is 9.52. The van der Waals surface area contributed by atoms with Crippen molar-refractivity contribution in [3.63, 3.8) is 0 Å². The van der Waals surface area contributed by atoms with Gasteiger partial charge in [-0.25, -0.2) is 9.67 Å². The third kappa shape index (κ3) is 4.54. The Bertz CT molecular complexity index is 1010. The van der Waals surface area contributed by atoms with Gasteiger partial charge in [0.15, 0.2) is 5.82 Å². The Morgan fingerprint density at radius 1 is 1.03 bits per heavy atom. The van der Waals surface area contributed by atoms with Crippen LogP contribution in [0.3, 0.4) is 0 Å². The number of hydrogen-bond donors (Lipinski definition) is 1. The third-order valence-corrected chi connectivity index (χ3v) is 5.78. The molecular formula is C23H31N7O. The summed E-state index contributed by atoms with van der Waals surface area (Å²) in [5.41, 5.74) is 2.33. The molecule has 164 valence electrons. The van der Waals surface area contributed by atoms with E-state index < -0.39 is 0 Å². The summed E-state index contributed by atoms with van der Waals surface area (Å²) in [6, 6.07) is 10.1. The summed E-state index contributed by atoms with van der Waals surface area (Å²) in [7, 11) is 3.71. The van der Waals surface area contributed by atoms with E-state index in [1.54, 1.807) is 18.0 Å². The highest BCUT2D eigenvalue weighted by Crippen LogP contribution is 2.33. The molecule has 0 unspecified atom stereocenters. The quantitative estimate of drug-likeness (QED) is 0.675. The number of aromatic nitrogens is 5. The van der Waals surface area contributed by atoms with Crippen LogP contribution >= 0.6 is 0 Å². The lowest BCUT2D eigenvalue weighted by molar-refractivity contribution is 0.160. The van der Waals surface area contributed by atoms with Crippen molar-refractivity contribution < 1.29 is 4.74 Å². The van der Waals surface area contributed by atoms with Gasteiger partial charge in [0.2, 0.25) is 5.88 Å². The fraction of sp³-hybridized carbons (Fsp3) is 0.478. The van der Waals surface area contributed by atoms with E-state index >= 15 is 0 Å². The van der Waals surface area contributed by atoms with Crippen LogP contribution < -0.4 is 15.0 Å². The molecular weight excluding hydrogens is 390 g/mol. The van der Waals surface area contributed by atoms with Gasteiger partial charge in [0.25, 0.3) is 0 Å². The number of rotatable bonds is 5. The SMILES string of the molecule is COc1nc(-c2ccc(N(C)C3CC(C)(C)NC(C)(C)C3)nn2)ccc1-n1cccn1. The summed E-state index contributed by atoms with van der Waals surface area (Å²) in [5.74, 6) is 1.35. The summed E-state index contributed by atoms with van der Waals surface area (Å²) in [6.07, 6.45) is 5.67. The van der Waals surface area contributed by atoms with Crippen molar-refractivity contribution in [2.24, 2.45) is 0 Å². The lowest BCUT2D eigenvalue weighted by atomic mass is 9.79. The summed E-state index contributed by atoms with van der Waals surface area (Å²) < 4.78 is 7.20. The Balaban J connectivity index is 1.56. The number of anilines is 1. The molecule has 0 radical (unpaired) electrons. The highest BCUT2D eigenvalue weighted by Gasteiger charge is 2.39. The van der Waals surface area contributed by atoms with Gasteiger partial charge < -0.3 is 15.0 Å². The van der Waals surface area contributed by atoms with Crippen LogP contribution in [0.25, 0.3) is 17.1 Å². The molecule has 8 heteroatoms. The number of ether oxygens (including phenoxy) is 1. The van der Waals surface area contributed by atoms with E-state index in [0.717, 1.165) is 24.3 Å². The molecule has 0 bridgehead atoms. The molecule has 1 aliphatic rings. The van der Waals surface area contributed by atoms with Crippen molar-refractivity contribution in [2.75, 3.05) is 19.1 Å². The number of piperidine rings is 1. The van der Waals surface area contributed by atoms with Crippen molar-refractivity contribution in [3.8, 4) is 23.0 Å². The number of nitrogens with zero attached hydrogens (tertiary/aromatic N) is 6. The van der Waals surface area contributed by atoms with Crippen LogP contribution in [-0.2, 0) is 0 Å². The van der Waals surface area contributed by atoms with Gasteiger partial charge in [-0.15, -0.1) is 10.2 Å². The zero-order valence-electron chi connectivity index (χ0n) is 19.1. The first-order valence-corrected chi connectivity index (χ1v) is 10.6. The first-order chi connectivity index (χ1) is 14.7. The average Bonchev–Trinajstić information content (AvgIpc) is 3.25. The fourth-order valence-electron chi connectivity index (χ4n) is 4.69. The molecule has 1 fully saturated rings. The summed E-state index contributed by atoms with van der Waals surface area (Å²) in [6.45, 7) is 9.04. The van der Waals surface area contributed by atoms with Gasteiger partial charge in [-0.05, 0) is 70.9 Å². The molecule has 1 saturated heterocycles. The van der Waals surface area contributed by atoms with Gasteiger partial charge in [-0.1, -0.05) is 0 Å². The molecule has 31 heavy (non-hydrogen) atoms. The maximum absolute atomic E-state index is 5.48. The van der Waals surface area contributed by atoms with Crippen molar-refractivity contribution in [1.29, 1.82) is 0 Å². The predicted molar refractivity (Wildman–Crippen MR) is 122 cm³/mol. The minimum atomic E-state index is 0.0742. The van der Waals surface area contributed by atoms with Crippen LogP contribution in [0.5, 0.6) is 5.88 Å². The summed E-state index contributed by atoms with van der Waals surface area (Å²) >= 11 is 0. The molecule has 1 N–H and O–H groups in total. The second-order valence-corrected chi connectivity index (χ2v) is 9.52. The largest absolute Gasteiger partial charge is 0.479 e. The Morgan fingerprint density at radius 2 is 1.74 bits per heavy atom. The van der Waals surface area contributed by atoms with Gasteiger partial charge in [0, 0.05) is 36.6 Å². The van der Waals surface area contributed by atoms with Crippen LogP contribution in [0.2, 0.25) is 0 Å². The molecule has 0 amide bonds. The normalized spacial score (nSPS) is 18.0. The molecule has 0 aliphatic carbocycles. The lowest BCUT2D eigenvalue weighted by Crippen LogP contribution is -2.62. The number of methoxy groups -OCH3 is 1. The fourth-order valence-corrected chi connectivity index (χ4v) is 4.69. The third-order valence-electron chi connectivity index (χ3n) is 5.78. The van der Waals surface area contributed by atoms with Crippen molar-refractivity contribution in [2.45, 2.75) is 57.7 Å². The minimum absolute atomic E-state index is 0.0742. The monoisotopic (exact) mass is 421 g/mol. The Morgan fingerprint density at radius 3 is 2.32 bits per heavy atom. The number of pyridine rings is 1. The topological polar surface area (TPSA) is 81.0 Å². The molecule has 0 aromatic carbocycles. The van der Waals surface area contributed by atoms with Crippen LogP contribution in [0.15, 0.2) is 42.7 Å². The van der Waals surface area contributed by atoms with E-state index in [1.165, 1.54) is 0 Å². The van der Waals surface area contributed by atoms with Crippen LogP contribution in [0.4, 0.5) is 5.82 Å². The molecule has 4 heterocycles. The molecule has 0 atom stereocenters. The van der Waals surface area contributed by atoms with Gasteiger partial charge in [0.05, 0.1) is 12.8 Å². The van der Waals surface area contributed by atoms with Gasteiger partial charge in [0.1, 0.15) is 11.4 Å². The Hall–Kier alpha value is -3.00. The van der Waals surface area contributed by atoms with Crippen molar-refractivity contribution >= 4 is 5.82 Å². The average molecular weight is 422 g/mol. The smallest absolute Gasteiger partial charge is 0.240 e. The second kappa shape index (κ2) is 7.92. The van der Waals surface area contributed by atoms with E-state index in [0.29, 0.717) is 23.3 Å². The molecule has 0 saturated carbocycles. The zero-order valence-corrected chi connectivity index (χ0v) is 19.1. The van der Waals surface area contributed by atoms with Crippen LogP contribution in [0, 0.1) is 0 Å². The van der Waals surface area contributed by atoms with E-state index in [4.69, 9.17) is 4.74 Å². The molecule has 1 aliphatic heterocycles. The van der Waals surface area contributed by atoms with Gasteiger partial charge in [-0.3, -0.25) is 0 Å². The van der Waals surface area contributed by atoms with E-state index in [1.807, 2.05) is 36.5 Å².